The number of rotatable bonds is 11. The van der Waals surface area contributed by atoms with Gasteiger partial charge in [-0.05, 0) is 23.6 Å². The SMILES string of the molecule is CCCOCCOc1ccc(C2CC(=O)NC(c3c(F)ccc(CNC(=O)C(C)C)c3Cl)N2)cn1. The van der Waals surface area contributed by atoms with E-state index in [1.807, 2.05) is 13.0 Å². The van der Waals surface area contributed by atoms with E-state index in [0.29, 0.717) is 31.3 Å². The Kier molecular flexibility index (Phi) is 9.83. The highest BCUT2D eigenvalue weighted by Crippen LogP contribution is 2.33. The number of benzene rings is 1. The normalized spacial score (nSPS) is 17.8. The van der Waals surface area contributed by atoms with E-state index in [1.54, 1.807) is 26.1 Å². The summed E-state index contributed by atoms with van der Waals surface area (Å²) in [4.78, 5) is 28.7. The molecule has 2 aromatic rings. The van der Waals surface area contributed by atoms with E-state index in [0.717, 1.165) is 12.0 Å². The molecule has 3 rings (SSSR count). The Morgan fingerprint density at radius 3 is 2.74 bits per heavy atom. The Bertz CT molecular complexity index is 1020. The third-order valence-corrected chi connectivity index (χ3v) is 5.97. The van der Waals surface area contributed by atoms with Gasteiger partial charge in [0.05, 0.1) is 11.6 Å². The summed E-state index contributed by atoms with van der Waals surface area (Å²) in [5.41, 5.74) is 1.44. The summed E-state index contributed by atoms with van der Waals surface area (Å²) >= 11 is 6.53. The molecule has 1 aromatic carbocycles. The molecule has 1 aromatic heterocycles. The lowest BCUT2D eigenvalue weighted by molar-refractivity contribution is -0.125. The molecule has 2 heterocycles. The van der Waals surface area contributed by atoms with Gasteiger partial charge in [0.25, 0.3) is 0 Å². The summed E-state index contributed by atoms with van der Waals surface area (Å²) in [6, 6.07) is 5.96. The number of nitrogens with one attached hydrogen (secondary N) is 3. The molecule has 1 aliphatic rings. The zero-order valence-corrected chi connectivity index (χ0v) is 21.0. The van der Waals surface area contributed by atoms with Crippen molar-refractivity contribution in [3.8, 4) is 5.88 Å². The van der Waals surface area contributed by atoms with E-state index in [2.05, 4.69) is 20.9 Å². The van der Waals surface area contributed by atoms with Crippen LogP contribution in [-0.4, -0.2) is 36.6 Å². The molecule has 190 valence electrons. The van der Waals surface area contributed by atoms with Gasteiger partial charge in [0.1, 0.15) is 18.6 Å². The molecule has 35 heavy (non-hydrogen) atoms. The standard InChI is InChI=1S/C25H32ClFN4O4/c1-4-9-34-10-11-35-21-8-6-16(13-28-21)19-12-20(32)31-24(30-19)22-18(27)7-5-17(23(22)26)14-29-25(33)15(2)3/h5-8,13,15,19,24,30H,4,9-12,14H2,1-3H3,(H,29,33)(H,31,32). The Labute approximate surface area is 209 Å². The van der Waals surface area contributed by atoms with Crippen LogP contribution in [0.2, 0.25) is 5.02 Å². The number of pyridine rings is 1. The molecule has 0 aliphatic carbocycles. The first-order valence-corrected chi connectivity index (χ1v) is 12.1. The fraction of sp³-hybridized carbons (Fsp3) is 0.480. The monoisotopic (exact) mass is 506 g/mol. The maximum absolute atomic E-state index is 14.8. The molecular formula is C25H32ClFN4O4. The van der Waals surface area contributed by atoms with Crippen LogP contribution in [-0.2, 0) is 20.9 Å². The molecule has 0 radical (unpaired) electrons. The smallest absolute Gasteiger partial charge is 0.223 e. The van der Waals surface area contributed by atoms with Gasteiger partial charge in [-0.25, -0.2) is 9.37 Å². The lowest BCUT2D eigenvalue weighted by Crippen LogP contribution is -2.47. The molecule has 0 spiro atoms. The number of nitrogens with zero attached hydrogens (tertiary/aromatic N) is 1. The first kappa shape index (κ1) is 26.8. The quantitative estimate of drug-likeness (QED) is 0.401. The van der Waals surface area contributed by atoms with Gasteiger partial charge in [-0.2, -0.15) is 0 Å². The highest BCUT2D eigenvalue weighted by atomic mass is 35.5. The fourth-order valence-electron chi connectivity index (χ4n) is 3.61. The van der Waals surface area contributed by atoms with Gasteiger partial charge in [-0.15, -0.1) is 0 Å². The third-order valence-electron chi connectivity index (χ3n) is 5.52. The van der Waals surface area contributed by atoms with Crippen LogP contribution < -0.4 is 20.7 Å². The topological polar surface area (TPSA) is 102 Å². The molecule has 8 nitrogen and oxygen atoms in total. The number of carbonyl (C=O) groups excluding carboxylic acids is 2. The van der Waals surface area contributed by atoms with Crippen molar-refractivity contribution in [1.29, 1.82) is 0 Å². The van der Waals surface area contributed by atoms with Crippen LogP contribution in [0.15, 0.2) is 30.5 Å². The minimum Gasteiger partial charge on any atom is -0.475 e. The van der Waals surface area contributed by atoms with Gasteiger partial charge in [-0.1, -0.05) is 44.5 Å². The number of hydrogen-bond acceptors (Lipinski definition) is 6. The Balaban J connectivity index is 1.70. The zero-order chi connectivity index (χ0) is 25.4. The minimum atomic E-state index is -0.846. The van der Waals surface area contributed by atoms with Crippen LogP contribution >= 0.6 is 11.6 Å². The number of halogens is 2. The van der Waals surface area contributed by atoms with Crippen molar-refractivity contribution >= 4 is 23.4 Å². The maximum atomic E-state index is 14.8. The molecule has 10 heteroatoms. The lowest BCUT2D eigenvalue weighted by atomic mass is 9.99. The minimum absolute atomic E-state index is 0.126. The average molecular weight is 507 g/mol. The van der Waals surface area contributed by atoms with Gasteiger partial charge in [0, 0.05) is 49.4 Å². The first-order valence-electron chi connectivity index (χ1n) is 11.8. The van der Waals surface area contributed by atoms with E-state index in [-0.39, 0.29) is 41.3 Å². The molecule has 1 fully saturated rings. The van der Waals surface area contributed by atoms with Crippen LogP contribution in [0.4, 0.5) is 4.39 Å². The Morgan fingerprint density at radius 1 is 1.26 bits per heavy atom. The average Bonchev–Trinajstić information content (AvgIpc) is 2.83. The summed E-state index contributed by atoms with van der Waals surface area (Å²) in [6.45, 7) is 7.32. The van der Waals surface area contributed by atoms with Gasteiger partial charge < -0.3 is 20.1 Å². The molecule has 0 bridgehead atoms. The number of amides is 2. The van der Waals surface area contributed by atoms with Crippen LogP contribution in [0.1, 0.15) is 62.5 Å². The second-order valence-electron chi connectivity index (χ2n) is 8.62. The Hall–Kier alpha value is -2.75. The number of ether oxygens (including phenoxy) is 2. The van der Waals surface area contributed by atoms with Crippen molar-refractivity contribution < 1.29 is 23.5 Å². The summed E-state index contributed by atoms with van der Waals surface area (Å²) in [5, 5.41) is 8.94. The van der Waals surface area contributed by atoms with E-state index < -0.39 is 18.0 Å². The van der Waals surface area contributed by atoms with Gasteiger partial charge in [0.2, 0.25) is 17.7 Å². The van der Waals surface area contributed by atoms with Crippen molar-refractivity contribution in [2.24, 2.45) is 5.92 Å². The number of hydrogen-bond donors (Lipinski definition) is 3. The molecule has 2 atom stereocenters. The largest absolute Gasteiger partial charge is 0.475 e. The first-order chi connectivity index (χ1) is 16.8. The van der Waals surface area contributed by atoms with Gasteiger partial charge >= 0.3 is 0 Å². The fourth-order valence-corrected chi connectivity index (χ4v) is 3.94. The van der Waals surface area contributed by atoms with Gasteiger partial charge in [0.15, 0.2) is 0 Å². The van der Waals surface area contributed by atoms with Crippen molar-refractivity contribution in [3.63, 3.8) is 0 Å². The number of carbonyl (C=O) groups is 2. The van der Waals surface area contributed by atoms with Crippen molar-refractivity contribution in [2.75, 3.05) is 19.8 Å². The van der Waals surface area contributed by atoms with Crippen LogP contribution in [0.5, 0.6) is 5.88 Å². The van der Waals surface area contributed by atoms with Crippen LogP contribution in [0.25, 0.3) is 0 Å². The Morgan fingerprint density at radius 2 is 2.06 bits per heavy atom. The summed E-state index contributed by atoms with van der Waals surface area (Å²) < 4.78 is 25.8. The molecule has 2 amide bonds. The molecule has 0 saturated carbocycles. The molecule has 3 N–H and O–H groups in total. The maximum Gasteiger partial charge on any atom is 0.223 e. The number of aromatic nitrogens is 1. The van der Waals surface area contributed by atoms with E-state index >= 15 is 0 Å². The summed E-state index contributed by atoms with van der Waals surface area (Å²) in [6.07, 6.45) is 1.89. The van der Waals surface area contributed by atoms with E-state index in [4.69, 9.17) is 21.1 Å². The van der Waals surface area contributed by atoms with Gasteiger partial charge in [-0.3, -0.25) is 14.9 Å². The zero-order valence-electron chi connectivity index (χ0n) is 20.2. The third kappa shape index (κ3) is 7.37. The van der Waals surface area contributed by atoms with Crippen molar-refractivity contribution in [1.82, 2.24) is 20.9 Å². The summed E-state index contributed by atoms with van der Waals surface area (Å²) in [5.74, 6) is -0.672. The molecule has 2 unspecified atom stereocenters. The van der Waals surface area contributed by atoms with Crippen LogP contribution in [0, 0.1) is 11.7 Å². The molecule has 1 aliphatic heterocycles. The van der Waals surface area contributed by atoms with Crippen molar-refractivity contribution in [2.45, 2.75) is 52.4 Å². The predicted octanol–water partition coefficient (Wildman–Crippen LogP) is 3.80. The molecule has 1 saturated heterocycles. The second kappa shape index (κ2) is 12.8. The summed E-state index contributed by atoms with van der Waals surface area (Å²) in [7, 11) is 0. The van der Waals surface area contributed by atoms with E-state index in [1.165, 1.54) is 12.1 Å². The van der Waals surface area contributed by atoms with Crippen LogP contribution in [0.3, 0.4) is 0 Å². The highest BCUT2D eigenvalue weighted by Gasteiger charge is 2.31. The second-order valence-corrected chi connectivity index (χ2v) is 9.00. The predicted molar refractivity (Wildman–Crippen MR) is 130 cm³/mol. The highest BCUT2D eigenvalue weighted by molar-refractivity contribution is 6.32. The van der Waals surface area contributed by atoms with E-state index in [9.17, 15) is 14.0 Å². The molecular weight excluding hydrogens is 475 g/mol. The lowest BCUT2D eigenvalue weighted by Gasteiger charge is -2.33. The van der Waals surface area contributed by atoms with Crippen molar-refractivity contribution in [3.05, 3.63) is 58.0 Å².